The third-order valence-electron chi connectivity index (χ3n) is 7.12. The molecule has 1 saturated carbocycles. The Morgan fingerprint density at radius 2 is 1.72 bits per heavy atom. The second-order valence-corrected chi connectivity index (χ2v) is 9.28. The summed E-state index contributed by atoms with van der Waals surface area (Å²) in [5, 5.41) is 10.7. The van der Waals surface area contributed by atoms with Gasteiger partial charge in [-0.2, -0.15) is 0 Å². The molecule has 0 spiro atoms. The van der Waals surface area contributed by atoms with E-state index in [0.29, 0.717) is 43.0 Å². The highest BCUT2D eigenvalue weighted by Crippen LogP contribution is 2.38. The van der Waals surface area contributed by atoms with Crippen molar-refractivity contribution in [3.63, 3.8) is 0 Å². The van der Waals surface area contributed by atoms with Crippen LogP contribution in [0.5, 0.6) is 5.75 Å². The summed E-state index contributed by atoms with van der Waals surface area (Å²) in [6.07, 6.45) is 5.12. The minimum atomic E-state index is -0.601. The van der Waals surface area contributed by atoms with Crippen LogP contribution in [-0.2, 0) is 0 Å². The van der Waals surface area contributed by atoms with E-state index >= 15 is 0 Å². The van der Waals surface area contributed by atoms with Crippen molar-refractivity contribution >= 4 is 11.8 Å². The summed E-state index contributed by atoms with van der Waals surface area (Å²) in [5.41, 5.74) is 0.628. The number of benzene rings is 1. The zero-order chi connectivity index (χ0) is 22.1. The number of furan rings is 1. The van der Waals surface area contributed by atoms with Crippen molar-refractivity contribution in [2.45, 2.75) is 44.3 Å². The fourth-order valence-electron chi connectivity index (χ4n) is 5.40. The molecule has 32 heavy (non-hydrogen) atoms. The summed E-state index contributed by atoms with van der Waals surface area (Å²) < 4.78 is 11.4. The smallest absolute Gasteiger partial charge is 0.289 e. The number of fused-ring (bicyclic) bond motifs is 1. The molecule has 2 saturated heterocycles. The summed E-state index contributed by atoms with van der Waals surface area (Å²) in [6.45, 7) is 2.89. The van der Waals surface area contributed by atoms with Gasteiger partial charge in [-0.25, -0.2) is 0 Å². The van der Waals surface area contributed by atoms with Crippen LogP contribution in [-0.4, -0.2) is 65.1 Å². The lowest BCUT2D eigenvalue weighted by atomic mass is 9.78. The van der Waals surface area contributed by atoms with Crippen LogP contribution in [0.4, 0.5) is 0 Å². The number of carbonyl (C=O) groups excluding carboxylic acids is 2. The third-order valence-corrected chi connectivity index (χ3v) is 7.12. The second kappa shape index (κ2) is 8.98. The first-order chi connectivity index (χ1) is 15.6. The van der Waals surface area contributed by atoms with E-state index in [2.05, 4.69) is 0 Å². The Morgan fingerprint density at radius 3 is 2.47 bits per heavy atom. The van der Waals surface area contributed by atoms with E-state index in [1.165, 1.54) is 12.7 Å². The standard InChI is InChI=1S/C25H30N2O5/c28-21-13-18-15-27(25(30)22-8-5-11-31-22)16-19(18)14-23(21)32-20-7-4-6-17(12-20)24(29)26-9-2-1-3-10-26/h4-8,11-12,18-19,21,23,28H,1-3,9-10,13-16H2/t18-,19+,21+,23+/m0/s1. The maximum Gasteiger partial charge on any atom is 0.289 e. The van der Waals surface area contributed by atoms with E-state index in [9.17, 15) is 14.7 Å². The maximum atomic E-state index is 12.8. The quantitative estimate of drug-likeness (QED) is 0.793. The molecule has 1 aromatic carbocycles. The minimum Gasteiger partial charge on any atom is -0.488 e. The first kappa shape index (κ1) is 21.1. The number of ether oxygens (including phenoxy) is 1. The van der Waals surface area contributed by atoms with Gasteiger partial charge in [0.2, 0.25) is 0 Å². The van der Waals surface area contributed by atoms with Crippen molar-refractivity contribution in [3.8, 4) is 5.75 Å². The number of hydrogen-bond acceptors (Lipinski definition) is 5. The lowest BCUT2D eigenvalue weighted by Crippen LogP contribution is -2.42. The summed E-state index contributed by atoms with van der Waals surface area (Å²) in [4.78, 5) is 29.2. The Kier molecular flexibility index (Phi) is 5.91. The number of aliphatic hydroxyl groups is 1. The van der Waals surface area contributed by atoms with Gasteiger partial charge >= 0.3 is 0 Å². The van der Waals surface area contributed by atoms with Gasteiger partial charge in [-0.05, 0) is 74.3 Å². The molecule has 1 aliphatic carbocycles. The number of nitrogens with zero attached hydrogens (tertiary/aromatic N) is 2. The number of aliphatic hydroxyl groups excluding tert-OH is 1. The molecule has 3 aliphatic rings. The summed E-state index contributed by atoms with van der Waals surface area (Å²) in [5.74, 6) is 1.45. The zero-order valence-corrected chi connectivity index (χ0v) is 18.2. The molecule has 170 valence electrons. The van der Waals surface area contributed by atoms with Gasteiger partial charge < -0.3 is 24.1 Å². The van der Waals surface area contributed by atoms with Crippen LogP contribution in [0.2, 0.25) is 0 Å². The van der Waals surface area contributed by atoms with Gasteiger partial charge in [-0.1, -0.05) is 6.07 Å². The van der Waals surface area contributed by atoms with Crippen molar-refractivity contribution in [3.05, 3.63) is 54.0 Å². The molecule has 2 amide bonds. The van der Waals surface area contributed by atoms with E-state index in [0.717, 1.165) is 25.9 Å². The van der Waals surface area contributed by atoms with Crippen molar-refractivity contribution in [2.75, 3.05) is 26.2 Å². The number of carbonyl (C=O) groups is 2. The number of likely N-dealkylation sites (tertiary alicyclic amines) is 2. The largest absolute Gasteiger partial charge is 0.488 e. The third kappa shape index (κ3) is 4.26. The normalized spacial score (nSPS) is 27.8. The average Bonchev–Trinajstić information content (AvgIpc) is 3.49. The lowest BCUT2D eigenvalue weighted by molar-refractivity contribution is -0.0231. The monoisotopic (exact) mass is 438 g/mol. The highest BCUT2D eigenvalue weighted by molar-refractivity contribution is 5.94. The maximum absolute atomic E-state index is 12.8. The number of hydrogen-bond donors (Lipinski definition) is 1. The molecule has 7 nitrogen and oxygen atoms in total. The molecule has 1 N–H and O–H groups in total. The van der Waals surface area contributed by atoms with Crippen LogP contribution in [0.3, 0.4) is 0 Å². The van der Waals surface area contributed by atoms with E-state index in [4.69, 9.17) is 9.15 Å². The Bertz CT molecular complexity index is 953. The van der Waals surface area contributed by atoms with Crippen molar-refractivity contribution in [1.29, 1.82) is 0 Å². The van der Waals surface area contributed by atoms with Crippen LogP contribution in [0.15, 0.2) is 47.1 Å². The molecule has 7 heteroatoms. The van der Waals surface area contributed by atoms with E-state index in [1.807, 2.05) is 28.0 Å². The molecular formula is C25H30N2O5. The van der Waals surface area contributed by atoms with Crippen LogP contribution < -0.4 is 4.74 Å². The molecule has 3 heterocycles. The molecule has 0 unspecified atom stereocenters. The predicted molar refractivity (Wildman–Crippen MR) is 117 cm³/mol. The van der Waals surface area contributed by atoms with Crippen molar-refractivity contribution < 1.29 is 23.8 Å². The van der Waals surface area contributed by atoms with Crippen LogP contribution in [0.1, 0.15) is 53.0 Å². The highest BCUT2D eigenvalue weighted by atomic mass is 16.5. The molecule has 0 radical (unpaired) electrons. The first-order valence-electron chi connectivity index (χ1n) is 11.7. The zero-order valence-electron chi connectivity index (χ0n) is 18.2. The summed E-state index contributed by atoms with van der Waals surface area (Å²) in [6, 6.07) is 10.7. The SMILES string of the molecule is O=C(c1cccc(O[C@@H]2C[C@@H]3CN(C(=O)c4ccco4)C[C@@H]3C[C@H]2O)c1)N1CCCCC1. The molecule has 2 aromatic rings. The van der Waals surface area contributed by atoms with Gasteiger partial charge in [-0.3, -0.25) is 9.59 Å². The van der Waals surface area contributed by atoms with Crippen LogP contribution in [0.25, 0.3) is 0 Å². The van der Waals surface area contributed by atoms with E-state index in [-0.39, 0.29) is 29.8 Å². The molecule has 1 aromatic heterocycles. The fourth-order valence-corrected chi connectivity index (χ4v) is 5.40. The molecule has 5 rings (SSSR count). The summed E-state index contributed by atoms with van der Waals surface area (Å²) in [7, 11) is 0. The van der Waals surface area contributed by atoms with Gasteiger partial charge in [0.25, 0.3) is 11.8 Å². The van der Waals surface area contributed by atoms with Gasteiger partial charge in [-0.15, -0.1) is 0 Å². The van der Waals surface area contributed by atoms with Gasteiger partial charge in [0.1, 0.15) is 11.9 Å². The highest BCUT2D eigenvalue weighted by Gasteiger charge is 2.44. The second-order valence-electron chi connectivity index (χ2n) is 9.28. The molecular weight excluding hydrogens is 408 g/mol. The number of rotatable bonds is 4. The van der Waals surface area contributed by atoms with E-state index in [1.54, 1.807) is 18.2 Å². The Balaban J connectivity index is 1.23. The van der Waals surface area contributed by atoms with Crippen LogP contribution in [0, 0.1) is 11.8 Å². The minimum absolute atomic E-state index is 0.0438. The van der Waals surface area contributed by atoms with Gasteiger partial charge in [0.15, 0.2) is 5.76 Å². The molecule has 2 aliphatic heterocycles. The van der Waals surface area contributed by atoms with Gasteiger partial charge in [0, 0.05) is 31.7 Å². The van der Waals surface area contributed by atoms with E-state index < -0.39 is 6.10 Å². The van der Waals surface area contributed by atoms with Crippen LogP contribution >= 0.6 is 0 Å². The molecule has 0 bridgehead atoms. The summed E-state index contributed by atoms with van der Waals surface area (Å²) >= 11 is 0. The average molecular weight is 439 g/mol. The fraction of sp³-hybridized carbons (Fsp3) is 0.520. The first-order valence-corrected chi connectivity index (χ1v) is 11.7. The van der Waals surface area contributed by atoms with Gasteiger partial charge in [0.05, 0.1) is 12.4 Å². The lowest BCUT2D eigenvalue weighted by Gasteiger charge is -2.35. The Labute approximate surface area is 187 Å². The molecule has 4 atom stereocenters. The Hall–Kier alpha value is -2.80. The number of amides is 2. The topological polar surface area (TPSA) is 83.2 Å². The molecule has 3 fully saturated rings. The predicted octanol–water partition coefficient (Wildman–Crippen LogP) is 3.20. The Morgan fingerprint density at radius 1 is 0.938 bits per heavy atom. The van der Waals surface area contributed by atoms with Crippen molar-refractivity contribution in [1.82, 2.24) is 9.80 Å². The number of piperidine rings is 1. The van der Waals surface area contributed by atoms with Crippen molar-refractivity contribution in [2.24, 2.45) is 11.8 Å².